The summed E-state index contributed by atoms with van der Waals surface area (Å²) in [4.78, 5) is 35.7. The molecule has 0 aromatic carbocycles. The number of carboxylic acids is 1. The van der Waals surface area contributed by atoms with Gasteiger partial charge in [0.1, 0.15) is 6.10 Å². The standard InChI is InChI=1S/C30H48O7/c1-22(2)13-8-6-4-5-7-9-14-24-18-19-27(36-23(3)31)25(24)15-12-16-26(32)28(21-29(33)34)37-30-17-10-11-20-35-30/h13,21,24-25,27,30H,4-12,14-20H2,1-3H3,(H,33,34)/t24-,25+,27+,30?/m0/s1. The van der Waals surface area contributed by atoms with Crippen molar-refractivity contribution in [1.82, 2.24) is 0 Å². The minimum atomic E-state index is -1.21. The summed E-state index contributed by atoms with van der Waals surface area (Å²) in [6.07, 6.45) is 16.9. The van der Waals surface area contributed by atoms with Gasteiger partial charge in [-0.2, -0.15) is 0 Å². The number of unbranched alkanes of at least 4 members (excludes halogenated alkanes) is 5. The van der Waals surface area contributed by atoms with E-state index in [9.17, 15) is 19.5 Å². The van der Waals surface area contributed by atoms with Crippen LogP contribution in [0.3, 0.4) is 0 Å². The molecule has 1 aliphatic heterocycles. The highest BCUT2D eigenvalue weighted by atomic mass is 16.7. The van der Waals surface area contributed by atoms with Gasteiger partial charge in [0.2, 0.25) is 0 Å². The first-order chi connectivity index (χ1) is 17.8. The normalized spacial score (nSPS) is 23.9. The van der Waals surface area contributed by atoms with E-state index in [1.807, 2.05) is 0 Å². The lowest BCUT2D eigenvalue weighted by Crippen LogP contribution is -2.26. The van der Waals surface area contributed by atoms with Crippen LogP contribution in [-0.4, -0.2) is 41.8 Å². The Kier molecular flexibility index (Phi) is 14.6. The van der Waals surface area contributed by atoms with Crippen LogP contribution in [0.25, 0.3) is 0 Å². The predicted octanol–water partition coefficient (Wildman–Crippen LogP) is 6.89. The third-order valence-electron chi connectivity index (χ3n) is 7.42. The van der Waals surface area contributed by atoms with Crippen molar-refractivity contribution in [3.8, 4) is 0 Å². The van der Waals surface area contributed by atoms with Crippen molar-refractivity contribution in [3.63, 3.8) is 0 Å². The summed E-state index contributed by atoms with van der Waals surface area (Å²) in [5, 5.41) is 9.20. The molecule has 0 amide bonds. The van der Waals surface area contributed by atoms with Crippen LogP contribution in [0.1, 0.15) is 117 Å². The molecule has 1 aliphatic carbocycles. The van der Waals surface area contributed by atoms with Gasteiger partial charge >= 0.3 is 11.9 Å². The number of rotatable bonds is 17. The van der Waals surface area contributed by atoms with E-state index in [-0.39, 0.29) is 36.0 Å². The van der Waals surface area contributed by atoms with Gasteiger partial charge in [-0.3, -0.25) is 9.59 Å². The number of esters is 1. The molecule has 37 heavy (non-hydrogen) atoms. The van der Waals surface area contributed by atoms with E-state index in [1.165, 1.54) is 44.6 Å². The molecular formula is C30H48O7. The molecule has 4 atom stereocenters. The largest absolute Gasteiger partial charge is 0.478 e. The second-order valence-corrected chi connectivity index (χ2v) is 10.9. The maximum absolute atomic E-state index is 12.8. The molecular weight excluding hydrogens is 472 g/mol. The van der Waals surface area contributed by atoms with Gasteiger partial charge in [-0.05, 0) is 77.0 Å². The fraction of sp³-hybridized carbons (Fsp3) is 0.767. The molecule has 0 bridgehead atoms. The predicted molar refractivity (Wildman–Crippen MR) is 143 cm³/mol. The minimum absolute atomic E-state index is 0.0948. The minimum Gasteiger partial charge on any atom is -0.478 e. The monoisotopic (exact) mass is 520 g/mol. The number of hydrogen-bond acceptors (Lipinski definition) is 6. The van der Waals surface area contributed by atoms with Crippen molar-refractivity contribution in [2.45, 2.75) is 129 Å². The van der Waals surface area contributed by atoms with Crippen LogP contribution in [0.2, 0.25) is 0 Å². The molecule has 1 saturated heterocycles. The highest BCUT2D eigenvalue weighted by molar-refractivity contribution is 5.98. The lowest BCUT2D eigenvalue weighted by atomic mass is 9.85. The van der Waals surface area contributed by atoms with Crippen LogP contribution in [0, 0.1) is 11.8 Å². The topological polar surface area (TPSA) is 99.1 Å². The van der Waals surface area contributed by atoms with Gasteiger partial charge in [0.15, 0.2) is 17.8 Å². The molecule has 1 saturated carbocycles. The third kappa shape index (κ3) is 12.8. The number of ketones is 1. The van der Waals surface area contributed by atoms with Crippen LogP contribution in [0.5, 0.6) is 0 Å². The van der Waals surface area contributed by atoms with Gasteiger partial charge < -0.3 is 19.3 Å². The molecule has 2 fully saturated rings. The molecule has 7 heteroatoms. The zero-order valence-corrected chi connectivity index (χ0v) is 23.2. The second-order valence-electron chi connectivity index (χ2n) is 10.9. The maximum atomic E-state index is 12.8. The Hall–Kier alpha value is -2.15. The van der Waals surface area contributed by atoms with Crippen molar-refractivity contribution in [3.05, 3.63) is 23.5 Å². The van der Waals surface area contributed by atoms with E-state index in [0.717, 1.165) is 51.0 Å². The number of Topliss-reactive ketones (excluding diaryl/α,β-unsaturated/α-hetero) is 1. The van der Waals surface area contributed by atoms with Crippen molar-refractivity contribution in [1.29, 1.82) is 0 Å². The molecule has 1 N–H and O–H groups in total. The van der Waals surface area contributed by atoms with E-state index in [2.05, 4.69) is 19.9 Å². The van der Waals surface area contributed by atoms with Gasteiger partial charge in [-0.25, -0.2) is 4.79 Å². The van der Waals surface area contributed by atoms with E-state index in [0.29, 0.717) is 25.4 Å². The molecule has 0 aromatic rings. The Morgan fingerprint density at radius 2 is 1.65 bits per heavy atom. The van der Waals surface area contributed by atoms with Gasteiger partial charge in [0.05, 0.1) is 12.7 Å². The summed E-state index contributed by atoms with van der Waals surface area (Å²) in [7, 11) is 0. The summed E-state index contributed by atoms with van der Waals surface area (Å²) < 4.78 is 16.8. The quantitative estimate of drug-likeness (QED) is 0.0732. The van der Waals surface area contributed by atoms with Crippen molar-refractivity contribution in [2.24, 2.45) is 11.8 Å². The highest BCUT2D eigenvalue weighted by Crippen LogP contribution is 2.40. The smallest absolute Gasteiger partial charge is 0.332 e. The van der Waals surface area contributed by atoms with Crippen LogP contribution in [0.15, 0.2) is 23.5 Å². The van der Waals surface area contributed by atoms with Gasteiger partial charge in [-0.15, -0.1) is 0 Å². The van der Waals surface area contributed by atoms with Crippen molar-refractivity contribution in [2.75, 3.05) is 6.61 Å². The Labute approximate surface area is 223 Å². The van der Waals surface area contributed by atoms with Crippen LogP contribution in [0.4, 0.5) is 0 Å². The number of carboxylic acid groups (broad SMARTS) is 1. The van der Waals surface area contributed by atoms with E-state index >= 15 is 0 Å². The summed E-state index contributed by atoms with van der Waals surface area (Å²) in [6.45, 7) is 6.29. The number of carbonyl (C=O) groups excluding carboxylic acids is 2. The van der Waals surface area contributed by atoms with Crippen LogP contribution < -0.4 is 0 Å². The Morgan fingerprint density at radius 3 is 2.32 bits per heavy atom. The number of allylic oxidation sites excluding steroid dienone is 3. The van der Waals surface area contributed by atoms with E-state index in [1.54, 1.807) is 0 Å². The average Bonchev–Trinajstić information content (AvgIpc) is 3.21. The number of hydrogen-bond donors (Lipinski definition) is 1. The van der Waals surface area contributed by atoms with Crippen molar-refractivity contribution >= 4 is 17.7 Å². The lowest BCUT2D eigenvalue weighted by Gasteiger charge is -2.25. The zero-order valence-electron chi connectivity index (χ0n) is 23.2. The lowest BCUT2D eigenvalue weighted by molar-refractivity contribution is -0.151. The van der Waals surface area contributed by atoms with Gasteiger partial charge in [0.25, 0.3) is 0 Å². The molecule has 1 heterocycles. The number of ether oxygens (including phenoxy) is 3. The molecule has 0 radical (unpaired) electrons. The summed E-state index contributed by atoms with van der Waals surface area (Å²) in [5.74, 6) is -1.18. The molecule has 0 spiro atoms. The Balaban J connectivity index is 1.82. The Bertz CT molecular complexity index is 775. The Morgan fingerprint density at radius 1 is 0.892 bits per heavy atom. The van der Waals surface area contributed by atoms with Crippen molar-refractivity contribution < 1.29 is 33.7 Å². The van der Waals surface area contributed by atoms with E-state index < -0.39 is 12.3 Å². The first-order valence-electron chi connectivity index (χ1n) is 14.3. The molecule has 1 unspecified atom stereocenters. The molecule has 0 aromatic heterocycles. The van der Waals surface area contributed by atoms with Gasteiger partial charge in [0, 0.05) is 19.8 Å². The average molecular weight is 521 g/mol. The first kappa shape index (κ1) is 31.1. The van der Waals surface area contributed by atoms with Gasteiger partial charge in [-0.1, -0.05) is 43.8 Å². The highest BCUT2D eigenvalue weighted by Gasteiger charge is 2.37. The maximum Gasteiger partial charge on any atom is 0.332 e. The van der Waals surface area contributed by atoms with Crippen LogP contribution in [-0.2, 0) is 28.6 Å². The molecule has 7 nitrogen and oxygen atoms in total. The number of aliphatic carboxylic acids is 1. The molecule has 2 aliphatic rings. The fourth-order valence-corrected chi connectivity index (χ4v) is 5.58. The zero-order chi connectivity index (χ0) is 27.0. The summed E-state index contributed by atoms with van der Waals surface area (Å²) >= 11 is 0. The fourth-order valence-electron chi connectivity index (χ4n) is 5.58. The molecule has 210 valence electrons. The second kappa shape index (κ2) is 17.4. The van der Waals surface area contributed by atoms with E-state index in [4.69, 9.17) is 14.2 Å². The third-order valence-corrected chi connectivity index (χ3v) is 7.42. The van der Waals surface area contributed by atoms with Crippen LogP contribution >= 0.6 is 0 Å². The summed E-state index contributed by atoms with van der Waals surface area (Å²) in [6, 6.07) is 0. The SMILES string of the molecule is CC(=O)O[C@@H]1CC[C@H](CCCCCCCC=C(C)C)[C@H]1CCCC(=O)C(=CC(=O)O)OC1CCCCO1. The molecule has 2 rings (SSSR count). The summed E-state index contributed by atoms with van der Waals surface area (Å²) in [5.41, 5.74) is 1.39. The number of carbonyl (C=O) groups is 3. The first-order valence-corrected chi connectivity index (χ1v) is 14.3.